The molecule has 0 aliphatic carbocycles. The summed E-state index contributed by atoms with van der Waals surface area (Å²) in [5.74, 6) is 0.881. The van der Waals surface area contributed by atoms with E-state index in [1.165, 1.54) is 19.4 Å². The Hall–Kier alpha value is -0.390. The van der Waals surface area contributed by atoms with E-state index in [-0.39, 0.29) is 5.91 Å². The predicted octanol–water partition coefficient (Wildman–Crippen LogP) is 3.38. The summed E-state index contributed by atoms with van der Waals surface area (Å²) in [5.41, 5.74) is 1.16. The first-order valence-electron chi connectivity index (χ1n) is 7.31. The standard InChI is InChI=1S/C15H21BrN2OS/c1-10-8-13(20-14(10)16)15(19)18-7-5-12-11(9-18)4-3-6-17(12)2/h8,11-12H,3-7,9H2,1-2H3. The molecule has 3 heterocycles. The van der Waals surface area contributed by atoms with Crippen LogP contribution in [0, 0.1) is 12.8 Å². The SMILES string of the molecule is Cc1cc(C(=O)N2CCC3C(CCCN3C)C2)sc1Br. The Morgan fingerprint density at radius 1 is 1.40 bits per heavy atom. The number of thiophene rings is 1. The Kier molecular flexibility index (Phi) is 4.20. The number of carbonyl (C=O) groups excluding carboxylic acids is 1. The smallest absolute Gasteiger partial charge is 0.263 e. The van der Waals surface area contributed by atoms with Crippen molar-refractivity contribution in [2.45, 2.75) is 32.2 Å². The van der Waals surface area contributed by atoms with E-state index < -0.39 is 0 Å². The van der Waals surface area contributed by atoms with E-state index in [2.05, 4.69) is 32.8 Å². The molecule has 2 atom stereocenters. The number of likely N-dealkylation sites (tertiary alicyclic amines) is 2. The highest BCUT2D eigenvalue weighted by Crippen LogP contribution is 2.32. The van der Waals surface area contributed by atoms with Crippen LogP contribution in [-0.2, 0) is 0 Å². The normalized spacial score (nSPS) is 27.4. The maximum absolute atomic E-state index is 12.6. The number of hydrogen-bond donors (Lipinski definition) is 0. The summed E-state index contributed by atoms with van der Waals surface area (Å²) in [4.78, 5) is 18.1. The van der Waals surface area contributed by atoms with Gasteiger partial charge in [0.05, 0.1) is 8.66 Å². The van der Waals surface area contributed by atoms with Gasteiger partial charge in [-0.05, 0) is 73.3 Å². The molecule has 2 unspecified atom stereocenters. The zero-order chi connectivity index (χ0) is 14.3. The number of rotatable bonds is 1. The lowest BCUT2D eigenvalue weighted by Crippen LogP contribution is -2.53. The summed E-state index contributed by atoms with van der Waals surface area (Å²) in [6, 6.07) is 2.69. The van der Waals surface area contributed by atoms with Crippen molar-refractivity contribution in [1.82, 2.24) is 9.80 Å². The Bertz CT molecular complexity index is 496. The lowest BCUT2D eigenvalue weighted by Gasteiger charge is -2.45. The molecule has 0 saturated carbocycles. The average molecular weight is 357 g/mol. The lowest BCUT2D eigenvalue weighted by atomic mass is 9.84. The van der Waals surface area contributed by atoms with E-state index in [9.17, 15) is 4.79 Å². The lowest BCUT2D eigenvalue weighted by molar-refractivity contribution is 0.0320. The van der Waals surface area contributed by atoms with Crippen molar-refractivity contribution in [1.29, 1.82) is 0 Å². The van der Waals surface area contributed by atoms with Crippen molar-refractivity contribution in [3.63, 3.8) is 0 Å². The fourth-order valence-electron chi connectivity index (χ4n) is 3.56. The van der Waals surface area contributed by atoms with Crippen molar-refractivity contribution >= 4 is 33.2 Å². The number of aryl methyl sites for hydroxylation is 1. The zero-order valence-corrected chi connectivity index (χ0v) is 14.5. The van der Waals surface area contributed by atoms with Crippen LogP contribution in [-0.4, -0.2) is 48.4 Å². The molecule has 0 radical (unpaired) electrons. The number of nitrogens with zero attached hydrogens (tertiary/aromatic N) is 2. The van der Waals surface area contributed by atoms with Crippen molar-refractivity contribution in [2.75, 3.05) is 26.7 Å². The van der Waals surface area contributed by atoms with E-state index in [4.69, 9.17) is 0 Å². The van der Waals surface area contributed by atoms with Crippen LogP contribution < -0.4 is 0 Å². The quantitative estimate of drug-likeness (QED) is 0.769. The second-order valence-corrected chi connectivity index (χ2v) is 8.43. The van der Waals surface area contributed by atoms with E-state index in [1.807, 2.05) is 13.0 Å². The van der Waals surface area contributed by atoms with Crippen molar-refractivity contribution in [3.05, 3.63) is 20.3 Å². The fourth-order valence-corrected chi connectivity index (χ4v) is 5.06. The topological polar surface area (TPSA) is 23.6 Å². The first-order valence-corrected chi connectivity index (χ1v) is 8.92. The number of carbonyl (C=O) groups is 1. The van der Waals surface area contributed by atoms with Gasteiger partial charge < -0.3 is 9.80 Å². The number of halogens is 1. The zero-order valence-electron chi connectivity index (χ0n) is 12.1. The molecule has 1 aromatic heterocycles. The molecule has 1 amide bonds. The van der Waals surface area contributed by atoms with Crippen molar-refractivity contribution in [3.8, 4) is 0 Å². The van der Waals surface area contributed by atoms with Crippen LogP contribution in [0.1, 0.15) is 34.5 Å². The molecule has 0 N–H and O–H groups in total. The largest absolute Gasteiger partial charge is 0.338 e. The molecular formula is C15H21BrN2OS. The van der Waals surface area contributed by atoms with Crippen LogP contribution in [0.3, 0.4) is 0 Å². The second kappa shape index (κ2) is 5.78. The van der Waals surface area contributed by atoms with E-state index in [1.54, 1.807) is 11.3 Å². The molecule has 5 heteroatoms. The fraction of sp³-hybridized carbons (Fsp3) is 0.667. The monoisotopic (exact) mass is 356 g/mol. The Balaban J connectivity index is 1.71. The minimum Gasteiger partial charge on any atom is -0.338 e. The van der Waals surface area contributed by atoms with Gasteiger partial charge in [-0.15, -0.1) is 11.3 Å². The summed E-state index contributed by atoms with van der Waals surface area (Å²) in [7, 11) is 2.23. The van der Waals surface area contributed by atoms with Crippen molar-refractivity contribution in [2.24, 2.45) is 5.92 Å². The molecule has 20 heavy (non-hydrogen) atoms. The molecule has 2 fully saturated rings. The predicted molar refractivity (Wildman–Crippen MR) is 86.4 cm³/mol. The van der Waals surface area contributed by atoms with Gasteiger partial charge in [-0.1, -0.05) is 0 Å². The molecule has 2 aliphatic heterocycles. The minimum absolute atomic E-state index is 0.218. The third kappa shape index (κ3) is 2.68. The van der Waals surface area contributed by atoms with Gasteiger partial charge in [-0.2, -0.15) is 0 Å². The van der Waals surface area contributed by atoms with Crippen LogP contribution in [0.2, 0.25) is 0 Å². The van der Waals surface area contributed by atoms with Gasteiger partial charge in [0, 0.05) is 19.1 Å². The van der Waals surface area contributed by atoms with E-state index in [0.717, 1.165) is 33.7 Å². The number of piperidine rings is 2. The van der Waals surface area contributed by atoms with Gasteiger partial charge in [-0.25, -0.2) is 0 Å². The number of hydrogen-bond acceptors (Lipinski definition) is 3. The number of fused-ring (bicyclic) bond motifs is 1. The van der Waals surface area contributed by atoms with Gasteiger partial charge in [-0.3, -0.25) is 4.79 Å². The van der Waals surface area contributed by atoms with Crippen molar-refractivity contribution < 1.29 is 4.79 Å². The molecule has 3 rings (SSSR count). The molecule has 0 spiro atoms. The summed E-state index contributed by atoms with van der Waals surface area (Å²) >= 11 is 5.07. The third-order valence-corrected chi connectivity index (χ3v) is 6.83. The molecule has 2 saturated heterocycles. The highest BCUT2D eigenvalue weighted by molar-refractivity contribution is 9.11. The maximum Gasteiger partial charge on any atom is 0.263 e. The highest BCUT2D eigenvalue weighted by Gasteiger charge is 2.36. The first kappa shape index (κ1) is 14.5. The summed E-state index contributed by atoms with van der Waals surface area (Å²) in [6.07, 6.45) is 3.66. The number of amides is 1. The second-order valence-electron chi connectivity index (χ2n) is 6.06. The molecule has 2 aliphatic rings. The summed E-state index contributed by atoms with van der Waals surface area (Å²) in [6.45, 7) is 5.09. The Morgan fingerprint density at radius 2 is 2.20 bits per heavy atom. The molecule has 110 valence electrons. The average Bonchev–Trinajstić information content (AvgIpc) is 2.78. The van der Waals surface area contributed by atoms with Crippen LogP contribution in [0.5, 0.6) is 0 Å². The van der Waals surface area contributed by atoms with Crippen LogP contribution >= 0.6 is 27.3 Å². The van der Waals surface area contributed by atoms with Crippen LogP contribution in [0.25, 0.3) is 0 Å². The highest BCUT2D eigenvalue weighted by atomic mass is 79.9. The third-order valence-electron chi connectivity index (χ3n) is 4.70. The molecule has 0 bridgehead atoms. The maximum atomic E-state index is 12.6. The van der Waals surface area contributed by atoms with Gasteiger partial charge in [0.2, 0.25) is 0 Å². The summed E-state index contributed by atoms with van der Waals surface area (Å²) in [5, 5.41) is 0. The Labute approximate surface area is 133 Å². The molecular weight excluding hydrogens is 336 g/mol. The molecule has 3 nitrogen and oxygen atoms in total. The van der Waals surface area contributed by atoms with E-state index in [0.29, 0.717) is 12.0 Å². The first-order chi connectivity index (χ1) is 9.56. The van der Waals surface area contributed by atoms with E-state index >= 15 is 0 Å². The minimum atomic E-state index is 0.218. The van der Waals surface area contributed by atoms with Gasteiger partial charge >= 0.3 is 0 Å². The molecule has 0 aromatic carbocycles. The Morgan fingerprint density at radius 3 is 2.90 bits per heavy atom. The van der Waals surface area contributed by atoms with Gasteiger partial charge in [0.25, 0.3) is 5.91 Å². The van der Waals surface area contributed by atoms with Gasteiger partial charge in [0.1, 0.15) is 0 Å². The molecule has 1 aromatic rings. The van der Waals surface area contributed by atoms with Gasteiger partial charge in [0.15, 0.2) is 0 Å². The summed E-state index contributed by atoms with van der Waals surface area (Å²) < 4.78 is 1.08. The van der Waals surface area contributed by atoms with Crippen LogP contribution in [0.15, 0.2) is 9.85 Å². The van der Waals surface area contributed by atoms with Crippen LogP contribution in [0.4, 0.5) is 0 Å².